The summed E-state index contributed by atoms with van der Waals surface area (Å²) in [5.74, 6) is 1.02. The van der Waals surface area contributed by atoms with Gasteiger partial charge in [0.05, 0.1) is 41.5 Å². The summed E-state index contributed by atoms with van der Waals surface area (Å²) in [5.41, 5.74) is 4.16. The number of nitrogens with one attached hydrogen (secondary N) is 2. The first-order valence-electron chi connectivity index (χ1n) is 12.0. The molecule has 0 spiro atoms. The van der Waals surface area contributed by atoms with E-state index in [-0.39, 0.29) is 0 Å². The van der Waals surface area contributed by atoms with Gasteiger partial charge in [-0.15, -0.1) is 10.2 Å². The molecule has 6 rings (SSSR count). The number of aryl methyl sites for hydroxylation is 1. The van der Waals surface area contributed by atoms with Gasteiger partial charge in [0.25, 0.3) is 0 Å². The molecule has 0 bridgehead atoms. The molecule has 2 saturated heterocycles. The summed E-state index contributed by atoms with van der Waals surface area (Å²) in [6, 6.07) is 6.30. The van der Waals surface area contributed by atoms with Gasteiger partial charge in [-0.25, -0.2) is 8.42 Å². The lowest BCUT2D eigenvalue weighted by Crippen LogP contribution is -2.49. The Kier molecular flexibility index (Phi) is 5.73. The van der Waals surface area contributed by atoms with Crippen LogP contribution in [0.2, 0.25) is 0 Å². The van der Waals surface area contributed by atoms with Gasteiger partial charge in [0.1, 0.15) is 0 Å². The molecule has 12 heteroatoms. The van der Waals surface area contributed by atoms with Crippen LogP contribution < -0.4 is 4.72 Å². The Hall–Kier alpha value is -3.35. The molecule has 1 aromatic carbocycles. The fraction of sp³-hybridized carbons (Fsp3) is 0.417. The van der Waals surface area contributed by atoms with E-state index in [1.54, 1.807) is 25.4 Å². The molecule has 0 saturated carbocycles. The van der Waals surface area contributed by atoms with E-state index in [1.165, 1.54) is 19.4 Å². The normalized spacial score (nSPS) is 19.1. The lowest BCUT2D eigenvalue weighted by molar-refractivity contribution is 0.0929. The topological polar surface area (TPSA) is 133 Å². The number of pyridine rings is 1. The Labute approximate surface area is 209 Å². The molecule has 2 N–H and O–H groups in total. The molecular formula is C24H28N8O3S. The lowest BCUT2D eigenvalue weighted by atomic mass is 10.0. The second kappa shape index (κ2) is 8.95. The zero-order valence-corrected chi connectivity index (χ0v) is 21.0. The molecule has 2 aliphatic heterocycles. The van der Waals surface area contributed by atoms with Crippen LogP contribution >= 0.6 is 0 Å². The Morgan fingerprint density at radius 3 is 2.89 bits per heavy atom. The fourth-order valence-electron chi connectivity index (χ4n) is 5.21. The first-order chi connectivity index (χ1) is 17.3. The van der Waals surface area contributed by atoms with E-state index in [2.05, 4.69) is 39.9 Å². The van der Waals surface area contributed by atoms with Gasteiger partial charge in [-0.1, -0.05) is 0 Å². The van der Waals surface area contributed by atoms with Crippen molar-refractivity contribution in [2.45, 2.75) is 32.4 Å². The van der Waals surface area contributed by atoms with E-state index in [0.717, 1.165) is 53.5 Å². The number of fused-ring (bicyclic) bond motifs is 2. The molecule has 0 aliphatic carbocycles. The fourth-order valence-corrected chi connectivity index (χ4v) is 5.81. The summed E-state index contributed by atoms with van der Waals surface area (Å²) < 4.78 is 32.3. The van der Waals surface area contributed by atoms with Crippen molar-refractivity contribution in [3.05, 3.63) is 42.2 Å². The zero-order valence-electron chi connectivity index (χ0n) is 20.2. The van der Waals surface area contributed by atoms with E-state index < -0.39 is 10.0 Å². The number of H-pyrrole nitrogens is 1. The number of sulfonamides is 1. The molecule has 3 aromatic heterocycles. The lowest BCUT2D eigenvalue weighted by Gasteiger charge is -2.36. The van der Waals surface area contributed by atoms with Crippen LogP contribution in [0.1, 0.15) is 24.4 Å². The smallest absolute Gasteiger partial charge is 0.248 e. The summed E-state index contributed by atoms with van der Waals surface area (Å²) >= 11 is 0. The molecule has 11 nitrogen and oxygen atoms in total. The first-order valence-corrected chi connectivity index (χ1v) is 13.9. The molecule has 0 radical (unpaired) electrons. The van der Waals surface area contributed by atoms with Crippen molar-refractivity contribution in [2.75, 3.05) is 37.2 Å². The number of piperazine rings is 1. The van der Waals surface area contributed by atoms with Crippen LogP contribution in [0.25, 0.3) is 33.5 Å². The van der Waals surface area contributed by atoms with Crippen LogP contribution in [0.5, 0.6) is 0 Å². The van der Waals surface area contributed by atoms with E-state index in [9.17, 15) is 8.42 Å². The largest absolute Gasteiger partial charge is 0.419 e. The second-order valence-corrected chi connectivity index (χ2v) is 11.4. The molecule has 0 unspecified atom stereocenters. The number of rotatable bonds is 6. The number of nitrogens with zero attached hydrogens (tertiary/aromatic N) is 6. The highest BCUT2D eigenvalue weighted by atomic mass is 32.2. The molecule has 4 aromatic rings. The first kappa shape index (κ1) is 23.1. The monoisotopic (exact) mass is 508 g/mol. The molecule has 36 heavy (non-hydrogen) atoms. The summed E-state index contributed by atoms with van der Waals surface area (Å²) in [7, 11) is -3.44. The van der Waals surface area contributed by atoms with Gasteiger partial charge in [-0.3, -0.25) is 24.6 Å². The van der Waals surface area contributed by atoms with E-state index in [4.69, 9.17) is 4.42 Å². The Balaban J connectivity index is 1.31. The molecule has 2 fully saturated rings. The summed E-state index contributed by atoms with van der Waals surface area (Å²) in [5, 5.41) is 16.8. The third-order valence-corrected chi connectivity index (χ3v) is 7.59. The van der Waals surface area contributed by atoms with Crippen LogP contribution in [-0.4, -0.2) is 82.1 Å². The minimum atomic E-state index is -3.44. The van der Waals surface area contributed by atoms with Gasteiger partial charge < -0.3 is 4.42 Å². The van der Waals surface area contributed by atoms with Crippen molar-refractivity contribution in [1.82, 2.24) is 35.2 Å². The van der Waals surface area contributed by atoms with Crippen LogP contribution in [-0.2, 0) is 16.6 Å². The van der Waals surface area contributed by atoms with Crippen molar-refractivity contribution >= 4 is 26.6 Å². The number of hydrogen-bond acceptors (Lipinski definition) is 9. The van der Waals surface area contributed by atoms with E-state index in [1.807, 2.05) is 12.1 Å². The van der Waals surface area contributed by atoms with Crippen LogP contribution in [0, 0.1) is 6.92 Å². The predicted molar refractivity (Wildman–Crippen MR) is 136 cm³/mol. The van der Waals surface area contributed by atoms with Gasteiger partial charge in [-0.2, -0.15) is 5.10 Å². The Bertz CT molecular complexity index is 1530. The van der Waals surface area contributed by atoms with Crippen LogP contribution in [0.3, 0.4) is 0 Å². The average molecular weight is 509 g/mol. The Morgan fingerprint density at radius 1 is 1.14 bits per heavy atom. The third-order valence-electron chi connectivity index (χ3n) is 7.00. The maximum Gasteiger partial charge on any atom is 0.248 e. The average Bonchev–Trinajstić information content (AvgIpc) is 3.59. The van der Waals surface area contributed by atoms with Crippen molar-refractivity contribution in [1.29, 1.82) is 0 Å². The van der Waals surface area contributed by atoms with Crippen LogP contribution in [0.15, 0.2) is 35.0 Å². The maximum atomic E-state index is 11.8. The molecule has 1 atom stereocenters. The molecular weight excluding hydrogens is 480 g/mol. The van der Waals surface area contributed by atoms with Gasteiger partial charge in [0, 0.05) is 42.8 Å². The quantitative estimate of drug-likeness (QED) is 0.403. The summed E-state index contributed by atoms with van der Waals surface area (Å²) in [6.45, 7) is 6.72. The van der Waals surface area contributed by atoms with Crippen molar-refractivity contribution in [3.8, 4) is 22.6 Å². The highest BCUT2D eigenvalue weighted by Gasteiger charge is 2.31. The summed E-state index contributed by atoms with van der Waals surface area (Å²) in [4.78, 5) is 9.36. The minimum absolute atomic E-state index is 0.423. The van der Waals surface area contributed by atoms with Crippen molar-refractivity contribution in [3.63, 3.8) is 0 Å². The second-order valence-electron chi connectivity index (χ2n) is 9.65. The summed E-state index contributed by atoms with van der Waals surface area (Å²) in [6.07, 6.45) is 7.11. The highest BCUT2D eigenvalue weighted by molar-refractivity contribution is 7.92. The minimum Gasteiger partial charge on any atom is -0.419 e. The van der Waals surface area contributed by atoms with Gasteiger partial charge in [0.15, 0.2) is 0 Å². The number of aromatic nitrogens is 5. The van der Waals surface area contributed by atoms with Gasteiger partial charge in [-0.05, 0) is 50.1 Å². The predicted octanol–water partition coefficient (Wildman–Crippen LogP) is 2.63. The van der Waals surface area contributed by atoms with Gasteiger partial charge >= 0.3 is 0 Å². The zero-order chi connectivity index (χ0) is 24.9. The molecule has 0 amide bonds. The van der Waals surface area contributed by atoms with Gasteiger partial charge in [0.2, 0.25) is 21.8 Å². The third kappa shape index (κ3) is 4.59. The van der Waals surface area contributed by atoms with Crippen molar-refractivity contribution < 1.29 is 12.8 Å². The number of anilines is 1. The molecule has 188 valence electrons. The van der Waals surface area contributed by atoms with Crippen LogP contribution in [0.4, 0.5) is 5.69 Å². The van der Waals surface area contributed by atoms with E-state index in [0.29, 0.717) is 35.7 Å². The standard InChI is InChI=1S/C24H28N8O3S/c1-15-21(30-36(2,33)34)10-17(11-25-15)16-8-19(20-12-26-27-22(20)9-16)24-29-28-23(35-24)14-31-6-7-32-5-3-4-18(32)13-31/h8-12,18,30H,3-7,13-14H2,1-2H3,(H,26,27)/t18-/m0/s1. The number of aromatic amines is 1. The van der Waals surface area contributed by atoms with Crippen molar-refractivity contribution in [2.24, 2.45) is 0 Å². The molecule has 5 heterocycles. The highest BCUT2D eigenvalue weighted by Crippen LogP contribution is 2.34. The number of benzene rings is 1. The van der Waals surface area contributed by atoms with E-state index >= 15 is 0 Å². The Morgan fingerprint density at radius 2 is 2.03 bits per heavy atom. The molecule has 2 aliphatic rings. The number of hydrogen-bond donors (Lipinski definition) is 2. The maximum absolute atomic E-state index is 11.8. The SMILES string of the molecule is Cc1ncc(-c2cc(-c3nnc(CN4CCN5CCC[C@H]5C4)o3)c3cn[nH]c3c2)cc1NS(C)(=O)=O.